The van der Waals surface area contributed by atoms with Crippen molar-refractivity contribution in [2.75, 3.05) is 14.2 Å². The van der Waals surface area contributed by atoms with Crippen LogP contribution in [-0.2, 0) is 0 Å². The van der Waals surface area contributed by atoms with E-state index < -0.39 is 0 Å². The molecule has 0 aliphatic rings. The molecular weight excluding hydrogens is 250 g/mol. The van der Waals surface area contributed by atoms with Gasteiger partial charge in [0.2, 0.25) is 0 Å². The normalized spacial score (nSPS) is 12.1. The topological polar surface area (TPSA) is 44.5 Å². The van der Waals surface area contributed by atoms with E-state index >= 15 is 0 Å². The highest BCUT2D eigenvalue weighted by atomic mass is 16.5. The second-order valence-corrected chi connectivity index (χ2v) is 4.93. The van der Waals surface area contributed by atoms with Crippen LogP contribution in [0.1, 0.15) is 28.3 Å². The van der Waals surface area contributed by atoms with Crippen LogP contribution in [0.5, 0.6) is 11.5 Å². The van der Waals surface area contributed by atoms with Gasteiger partial charge in [-0.2, -0.15) is 0 Å². The highest BCUT2D eigenvalue weighted by molar-refractivity contribution is 5.44. The second-order valence-electron chi connectivity index (χ2n) is 4.93. The number of hydrogen-bond acceptors (Lipinski definition) is 3. The molecule has 2 aromatic carbocycles. The summed E-state index contributed by atoms with van der Waals surface area (Å²) < 4.78 is 10.6. The smallest absolute Gasteiger partial charge is 0.122 e. The second kappa shape index (κ2) is 5.97. The van der Waals surface area contributed by atoms with Crippen LogP contribution in [-0.4, -0.2) is 14.2 Å². The fraction of sp³-hybridized carbons (Fsp3) is 0.294. The number of methoxy groups -OCH3 is 2. The molecule has 0 aliphatic heterocycles. The van der Waals surface area contributed by atoms with Crippen LogP contribution in [0.15, 0.2) is 36.4 Å². The molecule has 2 aromatic rings. The Balaban J connectivity index is 2.38. The third kappa shape index (κ3) is 2.78. The van der Waals surface area contributed by atoms with Crippen molar-refractivity contribution in [2.45, 2.75) is 19.9 Å². The van der Waals surface area contributed by atoms with Crippen LogP contribution in [0, 0.1) is 13.8 Å². The number of ether oxygens (including phenoxy) is 2. The largest absolute Gasteiger partial charge is 0.497 e. The molecule has 0 saturated heterocycles. The van der Waals surface area contributed by atoms with Crippen LogP contribution >= 0.6 is 0 Å². The number of benzene rings is 2. The molecule has 0 spiro atoms. The molecule has 0 radical (unpaired) electrons. The third-order valence-electron chi connectivity index (χ3n) is 3.60. The van der Waals surface area contributed by atoms with Gasteiger partial charge in [-0.3, -0.25) is 0 Å². The first-order chi connectivity index (χ1) is 9.56. The maximum absolute atomic E-state index is 6.39. The average Bonchev–Trinajstić information content (AvgIpc) is 2.47. The van der Waals surface area contributed by atoms with Gasteiger partial charge in [-0.1, -0.05) is 18.2 Å². The van der Waals surface area contributed by atoms with Crippen LogP contribution < -0.4 is 15.2 Å². The molecule has 0 saturated carbocycles. The zero-order valence-corrected chi connectivity index (χ0v) is 12.4. The van der Waals surface area contributed by atoms with Crippen molar-refractivity contribution >= 4 is 0 Å². The van der Waals surface area contributed by atoms with E-state index in [1.165, 1.54) is 0 Å². The summed E-state index contributed by atoms with van der Waals surface area (Å²) in [5.74, 6) is 1.71. The van der Waals surface area contributed by atoms with E-state index in [1.54, 1.807) is 14.2 Å². The van der Waals surface area contributed by atoms with Crippen molar-refractivity contribution < 1.29 is 9.47 Å². The lowest BCUT2D eigenvalue weighted by atomic mass is 9.95. The molecule has 2 N–H and O–H groups in total. The van der Waals surface area contributed by atoms with Crippen molar-refractivity contribution in [2.24, 2.45) is 5.73 Å². The molecule has 0 fully saturated rings. The number of nitrogens with two attached hydrogens (primary N) is 1. The van der Waals surface area contributed by atoms with Crippen molar-refractivity contribution in [3.05, 3.63) is 58.7 Å². The zero-order chi connectivity index (χ0) is 14.7. The summed E-state index contributed by atoms with van der Waals surface area (Å²) in [6.45, 7) is 4.07. The first-order valence-corrected chi connectivity index (χ1v) is 6.61. The number of rotatable bonds is 4. The average molecular weight is 271 g/mol. The lowest BCUT2D eigenvalue weighted by Gasteiger charge is -2.17. The van der Waals surface area contributed by atoms with Gasteiger partial charge in [-0.05, 0) is 54.3 Å². The van der Waals surface area contributed by atoms with Crippen molar-refractivity contribution in [3.8, 4) is 11.5 Å². The molecule has 0 aliphatic carbocycles. The van der Waals surface area contributed by atoms with Crippen LogP contribution in [0.25, 0.3) is 0 Å². The minimum Gasteiger partial charge on any atom is -0.497 e. The Hall–Kier alpha value is -2.00. The van der Waals surface area contributed by atoms with Crippen molar-refractivity contribution in [3.63, 3.8) is 0 Å². The van der Waals surface area contributed by atoms with E-state index in [1.807, 2.05) is 50.2 Å². The van der Waals surface area contributed by atoms with Crippen LogP contribution in [0.3, 0.4) is 0 Å². The fourth-order valence-corrected chi connectivity index (χ4v) is 2.33. The zero-order valence-electron chi connectivity index (χ0n) is 12.4. The minimum atomic E-state index is -0.171. The molecule has 106 valence electrons. The summed E-state index contributed by atoms with van der Waals surface area (Å²) in [6, 6.07) is 11.9. The summed E-state index contributed by atoms with van der Waals surface area (Å²) >= 11 is 0. The van der Waals surface area contributed by atoms with Gasteiger partial charge in [-0.15, -0.1) is 0 Å². The van der Waals surface area contributed by atoms with Gasteiger partial charge in [0.1, 0.15) is 11.5 Å². The standard InChI is InChI=1S/C17H21NO2/c1-11-5-6-13(10-16(11)20-4)17(18)15-8-7-14(19-3)9-12(15)2/h5-10,17H,18H2,1-4H3. The van der Waals surface area contributed by atoms with Gasteiger partial charge in [0.15, 0.2) is 0 Å². The Morgan fingerprint density at radius 3 is 2.25 bits per heavy atom. The van der Waals surface area contributed by atoms with Crippen molar-refractivity contribution in [1.82, 2.24) is 0 Å². The van der Waals surface area contributed by atoms with E-state index in [2.05, 4.69) is 0 Å². The Bertz CT molecular complexity index is 608. The van der Waals surface area contributed by atoms with E-state index in [4.69, 9.17) is 15.2 Å². The van der Waals surface area contributed by atoms with Gasteiger partial charge in [0.05, 0.1) is 20.3 Å². The van der Waals surface area contributed by atoms with Crippen molar-refractivity contribution in [1.29, 1.82) is 0 Å². The van der Waals surface area contributed by atoms with Gasteiger partial charge in [0, 0.05) is 0 Å². The Morgan fingerprint density at radius 1 is 0.900 bits per heavy atom. The molecule has 2 rings (SSSR count). The molecule has 0 aromatic heterocycles. The van der Waals surface area contributed by atoms with E-state index in [0.717, 1.165) is 33.8 Å². The summed E-state index contributed by atoms with van der Waals surface area (Å²) in [4.78, 5) is 0. The number of hydrogen-bond donors (Lipinski definition) is 1. The molecule has 0 heterocycles. The minimum absolute atomic E-state index is 0.171. The summed E-state index contributed by atoms with van der Waals surface area (Å²) in [7, 11) is 3.34. The predicted molar refractivity (Wildman–Crippen MR) is 81.5 cm³/mol. The highest BCUT2D eigenvalue weighted by Crippen LogP contribution is 2.29. The van der Waals surface area contributed by atoms with Gasteiger partial charge >= 0.3 is 0 Å². The molecule has 0 amide bonds. The Labute approximate surface area is 120 Å². The molecule has 3 nitrogen and oxygen atoms in total. The molecule has 1 unspecified atom stereocenters. The van der Waals surface area contributed by atoms with Crippen LogP contribution in [0.4, 0.5) is 0 Å². The molecule has 1 atom stereocenters. The van der Waals surface area contributed by atoms with Crippen LogP contribution in [0.2, 0.25) is 0 Å². The van der Waals surface area contributed by atoms with E-state index in [0.29, 0.717) is 0 Å². The number of aryl methyl sites for hydroxylation is 2. The first-order valence-electron chi connectivity index (χ1n) is 6.61. The van der Waals surface area contributed by atoms with E-state index in [-0.39, 0.29) is 6.04 Å². The summed E-state index contributed by atoms with van der Waals surface area (Å²) in [6.07, 6.45) is 0. The monoisotopic (exact) mass is 271 g/mol. The molecular formula is C17H21NO2. The highest BCUT2D eigenvalue weighted by Gasteiger charge is 2.13. The molecule has 20 heavy (non-hydrogen) atoms. The first kappa shape index (κ1) is 14.4. The molecule has 0 bridgehead atoms. The Morgan fingerprint density at radius 2 is 1.65 bits per heavy atom. The maximum atomic E-state index is 6.39. The lowest BCUT2D eigenvalue weighted by molar-refractivity contribution is 0.411. The van der Waals surface area contributed by atoms with Gasteiger partial charge < -0.3 is 15.2 Å². The van der Waals surface area contributed by atoms with Gasteiger partial charge in [-0.25, -0.2) is 0 Å². The van der Waals surface area contributed by atoms with E-state index in [9.17, 15) is 0 Å². The quantitative estimate of drug-likeness (QED) is 0.927. The predicted octanol–water partition coefficient (Wildman–Crippen LogP) is 3.37. The maximum Gasteiger partial charge on any atom is 0.122 e. The summed E-state index contributed by atoms with van der Waals surface area (Å²) in [5, 5.41) is 0. The third-order valence-corrected chi connectivity index (χ3v) is 3.60. The fourth-order valence-electron chi connectivity index (χ4n) is 2.33. The SMILES string of the molecule is COc1ccc(C(N)c2ccc(C)c(OC)c2)c(C)c1. The van der Waals surface area contributed by atoms with Gasteiger partial charge in [0.25, 0.3) is 0 Å². The lowest BCUT2D eigenvalue weighted by Crippen LogP contribution is -2.13. The Kier molecular flexibility index (Phi) is 4.30. The summed E-state index contributed by atoms with van der Waals surface area (Å²) in [5.41, 5.74) is 10.8. The molecule has 3 heteroatoms.